The van der Waals surface area contributed by atoms with Gasteiger partial charge in [0.05, 0.1) is 13.2 Å². The third-order valence-electron chi connectivity index (χ3n) is 4.37. The van der Waals surface area contributed by atoms with Gasteiger partial charge in [-0.05, 0) is 37.8 Å². The average Bonchev–Trinajstić information content (AvgIpc) is 2.67. The summed E-state index contributed by atoms with van der Waals surface area (Å²) in [6.07, 6.45) is 2.14. The second kappa shape index (κ2) is 11.6. The van der Waals surface area contributed by atoms with Crippen LogP contribution in [-0.2, 0) is 9.59 Å². The molecule has 0 radical (unpaired) electrons. The Bertz CT molecular complexity index is 800. The first-order chi connectivity index (χ1) is 13.0. The van der Waals surface area contributed by atoms with Crippen LogP contribution in [0.4, 0.5) is 5.69 Å². The van der Waals surface area contributed by atoms with Crippen molar-refractivity contribution < 1.29 is 14.3 Å². The number of nitrogens with two attached hydrogens (primary N) is 2. The Labute approximate surface area is 175 Å². The summed E-state index contributed by atoms with van der Waals surface area (Å²) >= 11 is 0. The van der Waals surface area contributed by atoms with E-state index in [4.69, 9.17) is 16.2 Å². The van der Waals surface area contributed by atoms with Gasteiger partial charge in [0.1, 0.15) is 11.8 Å². The molecule has 0 unspecified atom stereocenters. The van der Waals surface area contributed by atoms with Crippen molar-refractivity contribution in [1.82, 2.24) is 5.32 Å². The van der Waals surface area contributed by atoms with Crippen molar-refractivity contribution in [3.63, 3.8) is 0 Å². The number of benzene rings is 2. The van der Waals surface area contributed by atoms with E-state index in [1.807, 2.05) is 30.3 Å². The fraction of sp³-hybridized carbons (Fsp3) is 0.400. The van der Waals surface area contributed by atoms with Crippen LogP contribution in [0.25, 0.3) is 10.8 Å². The number of unbranched alkanes of at least 4 members (excludes halogenated alkanes) is 1. The molecule has 7 nitrogen and oxygen atoms in total. The lowest BCUT2D eigenvalue weighted by molar-refractivity contribution is -0.127. The second-order valence-electron chi connectivity index (χ2n) is 6.51. The summed E-state index contributed by atoms with van der Waals surface area (Å²) in [5.74, 6) is 0.00243. The third kappa shape index (κ3) is 6.47. The normalized spacial score (nSPS) is 12.6. The highest BCUT2D eigenvalue weighted by atomic mass is 79.9. The van der Waals surface area contributed by atoms with Crippen molar-refractivity contribution in [2.45, 2.75) is 38.3 Å². The van der Waals surface area contributed by atoms with E-state index in [1.165, 1.54) is 0 Å². The lowest BCUT2D eigenvalue weighted by Gasteiger charge is -2.18. The SMILES string of the molecule is Br.COc1cc(NC(=O)[C@H](C)NC(=O)[C@@H](N)CCCCN)cc2ccccc12. The summed E-state index contributed by atoms with van der Waals surface area (Å²) in [4.78, 5) is 24.6. The number of nitrogens with one attached hydrogen (secondary N) is 2. The number of halogens is 1. The van der Waals surface area contributed by atoms with Crippen molar-refractivity contribution in [1.29, 1.82) is 0 Å². The quantitative estimate of drug-likeness (QED) is 0.435. The molecular formula is C20H29BrN4O3. The lowest BCUT2D eigenvalue weighted by atomic mass is 10.1. The van der Waals surface area contributed by atoms with Crippen LogP contribution in [0.1, 0.15) is 26.2 Å². The molecule has 0 bridgehead atoms. The van der Waals surface area contributed by atoms with Gasteiger partial charge >= 0.3 is 0 Å². The van der Waals surface area contributed by atoms with Gasteiger partial charge < -0.3 is 26.8 Å². The van der Waals surface area contributed by atoms with Gasteiger partial charge in [-0.2, -0.15) is 0 Å². The fourth-order valence-corrected chi connectivity index (χ4v) is 2.79. The van der Waals surface area contributed by atoms with Gasteiger partial charge in [0, 0.05) is 17.1 Å². The summed E-state index contributed by atoms with van der Waals surface area (Å²) in [5.41, 5.74) is 11.9. The molecule has 0 saturated heterocycles. The predicted octanol–water partition coefficient (Wildman–Crippen LogP) is 2.33. The second-order valence-corrected chi connectivity index (χ2v) is 6.51. The van der Waals surface area contributed by atoms with Crippen molar-refractivity contribution in [2.24, 2.45) is 11.5 Å². The minimum atomic E-state index is -0.712. The molecule has 0 heterocycles. The van der Waals surface area contributed by atoms with Gasteiger partial charge in [0.25, 0.3) is 0 Å². The zero-order valence-corrected chi connectivity index (χ0v) is 17.9. The molecule has 0 aliphatic rings. The average molecular weight is 453 g/mol. The minimum absolute atomic E-state index is 0. The Morgan fingerprint density at radius 1 is 1.14 bits per heavy atom. The molecule has 2 atom stereocenters. The van der Waals surface area contributed by atoms with Crippen molar-refractivity contribution >= 4 is 45.3 Å². The van der Waals surface area contributed by atoms with Crippen molar-refractivity contribution in [2.75, 3.05) is 19.0 Å². The number of hydrogen-bond acceptors (Lipinski definition) is 5. The molecule has 0 aliphatic carbocycles. The lowest BCUT2D eigenvalue weighted by Crippen LogP contribution is -2.48. The Morgan fingerprint density at radius 2 is 1.86 bits per heavy atom. The van der Waals surface area contributed by atoms with E-state index in [0.29, 0.717) is 24.4 Å². The summed E-state index contributed by atoms with van der Waals surface area (Å²) in [5, 5.41) is 7.38. The maximum absolute atomic E-state index is 12.4. The van der Waals surface area contributed by atoms with Crippen LogP contribution in [0.5, 0.6) is 5.75 Å². The molecule has 6 N–H and O–H groups in total. The molecule has 28 heavy (non-hydrogen) atoms. The molecule has 154 valence electrons. The summed E-state index contributed by atoms with van der Waals surface area (Å²) in [6, 6.07) is 10.0. The first-order valence-electron chi connectivity index (χ1n) is 9.10. The largest absolute Gasteiger partial charge is 0.496 e. The fourth-order valence-electron chi connectivity index (χ4n) is 2.79. The maximum Gasteiger partial charge on any atom is 0.246 e. The minimum Gasteiger partial charge on any atom is -0.496 e. The van der Waals surface area contributed by atoms with Gasteiger partial charge in [-0.25, -0.2) is 0 Å². The molecule has 2 aromatic carbocycles. The molecule has 0 aliphatic heterocycles. The molecule has 2 amide bonds. The first kappa shape index (κ1) is 23.9. The van der Waals surface area contributed by atoms with E-state index in [2.05, 4.69) is 10.6 Å². The molecular weight excluding hydrogens is 424 g/mol. The van der Waals surface area contributed by atoms with Gasteiger partial charge in [-0.3, -0.25) is 9.59 Å². The number of carbonyl (C=O) groups excluding carboxylic acids is 2. The number of carbonyl (C=O) groups is 2. The Kier molecular flexibility index (Phi) is 9.92. The van der Waals surface area contributed by atoms with Gasteiger partial charge in [-0.15, -0.1) is 17.0 Å². The van der Waals surface area contributed by atoms with Crippen LogP contribution in [0, 0.1) is 0 Å². The molecule has 2 rings (SSSR count). The van der Waals surface area contributed by atoms with Crippen LogP contribution in [0.3, 0.4) is 0 Å². The molecule has 8 heteroatoms. The Morgan fingerprint density at radius 3 is 2.54 bits per heavy atom. The highest BCUT2D eigenvalue weighted by molar-refractivity contribution is 8.93. The van der Waals surface area contributed by atoms with Gasteiger partial charge in [-0.1, -0.05) is 30.7 Å². The van der Waals surface area contributed by atoms with E-state index < -0.39 is 12.1 Å². The molecule has 0 aromatic heterocycles. The van der Waals surface area contributed by atoms with Crippen LogP contribution in [-0.4, -0.2) is 37.6 Å². The molecule has 2 aromatic rings. The topological polar surface area (TPSA) is 119 Å². The highest BCUT2D eigenvalue weighted by Crippen LogP contribution is 2.29. The number of anilines is 1. The van der Waals surface area contributed by atoms with Gasteiger partial charge in [0.2, 0.25) is 11.8 Å². The predicted molar refractivity (Wildman–Crippen MR) is 118 cm³/mol. The van der Waals surface area contributed by atoms with Crippen LogP contribution in [0.2, 0.25) is 0 Å². The number of ether oxygens (including phenoxy) is 1. The number of methoxy groups -OCH3 is 1. The molecule has 0 saturated carbocycles. The van der Waals surface area contributed by atoms with Crippen molar-refractivity contribution in [3.8, 4) is 5.75 Å². The highest BCUT2D eigenvalue weighted by Gasteiger charge is 2.20. The van der Waals surface area contributed by atoms with E-state index in [0.717, 1.165) is 23.6 Å². The third-order valence-corrected chi connectivity index (χ3v) is 4.37. The van der Waals surface area contributed by atoms with Crippen LogP contribution >= 0.6 is 17.0 Å². The number of hydrogen-bond donors (Lipinski definition) is 4. The van der Waals surface area contributed by atoms with E-state index in [9.17, 15) is 9.59 Å². The van der Waals surface area contributed by atoms with E-state index >= 15 is 0 Å². The molecule has 0 spiro atoms. The number of rotatable bonds is 9. The van der Waals surface area contributed by atoms with Crippen LogP contribution in [0.15, 0.2) is 36.4 Å². The van der Waals surface area contributed by atoms with Crippen molar-refractivity contribution in [3.05, 3.63) is 36.4 Å². The number of amides is 2. The maximum atomic E-state index is 12.4. The first-order valence-corrected chi connectivity index (χ1v) is 9.10. The monoisotopic (exact) mass is 452 g/mol. The standard InChI is InChI=1S/C20H28N4O3.BrH/c1-13(23-20(26)17(22)9-5-6-10-21)19(25)24-15-11-14-7-3-4-8-16(14)18(12-15)27-2;/h3-4,7-8,11-13,17H,5-6,9-10,21-22H2,1-2H3,(H,23,26)(H,24,25);1H/t13-,17-;/m0./s1. The zero-order valence-electron chi connectivity index (χ0n) is 16.2. The molecule has 0 fully saturated rings. The zero-order chi connectivity index (χ0) is 19.8. The summed E-state index contributed by atoms with van der Waals surface area (Å²) < 4.78 is 5.41. The summed E-state index contributed by atoms with van der Waals surface area (Å²) in [7, 11) is 1.59. The summed E-state index contributed by atoms with van der Waals surface area (Å²) in [6.45, 7) is 2.19. The Balaban J connectivity index is 0.00000392. The number of fused-ring (bicyclic) bond motifs is 1. The smallest absolute Gasteiger partial charge is 0.246 e. The van der Waals surface area contributed by atoms with Crippen LogP contribution < -0.4 is 26.8 Å². The van der Waals surface area contributed by atoms with E-state index in [1.54, 1.807) is 20.1 Å². The van der Waals surface area contributed by atoms with Gasteiger partial charge in [0.15, 0.2) is 0 Å². The van der Waals surface area contributed by atoms with E-state index in [-0.39, 0.29) is 28.8 Å². The Hall–Kier alpha value is -2.16.